The Balaban J connectivity index is 0.000000513. The molecule has 0 bridgehead atoms. The van der Waals surface area contributed by atoms with E-state index in [2.05, 4.69) is 127 Å². The molecule has 104 heavy (non-hydrogen) atoms. The maximum absolute atomic E-state index is 12.7. The molecule has 3 aliphatic rings. The van der Waals surface area contributed by atoms with E-state index in [4.69, 9.17) is 73.9 Å². The van der Waals surface area contributed by atoms with Gasteiger partial charge < -0.3 is 57.5 Å². The number of aromatic nitrogens is 6. The molecule has 27 nitrogen and oxygen atoms in total. The monoisotopic (exact) mass is 1540 g/mol. The number of aromatic amines is 3. The summed E-state index contributed by atoms with van der Waals surface area (Å²) in [6.07, 6.45) is 0.975. The highest BCUT2D eigenvalue weighted by molar-refractivity contribution is 7.78. The van der Waals surface area contributed by atoms with Gasteiger partial charge >= 0.3 is 17.1 Å². The third kappa shape index (κ3) is 24.3. The number of hydrogen-bond acceptors (Lipinski definition) is 20. The number of aliphatic hydroxyl groups is 4. The number of halogens is 1. The van der Waals surface area contributed by atoms with Gasteiger partial charge in [0.25, 0.3) is 33.5 Å². The molecule has 5 aromatic rings. The highest BCUT2D eigenvalue weighted by Crippen LogP contribution is 2.51. The molecule has 0 amide bonds. The van der Waals surface area contributed by atoms with Gasteiger partial charge in [-0.3, -0.25) is 43.0 Å². The summed E-state index contributed by atoms with van der Waals surface area (Å²) in [5.74, 6) is 0. The number of nitriles is 1. The number of benzene rings is 2. The first kappa shape index (κ1) is 83.2. The molecule has 14 unspecified atom stereocenters. The molecule has 7 N–H and O–H groups in total. The second-order valence-electron chi connectivity index (χ2n) is 26.5. The lowest BCUT2D eigenvalue weighted by Gasteiger charge is -2.45. The third-order valence-electron chi connectivity index (χ3n) is 16.7. The maximum Gasteiger partial charge on any atom is 0.330 e. The van der Waals surface area contributed by atoms with Gasteiger partial charge in [0.05, 0.1) is 37.4 Å². The molecule has 14 atom stereocenters. The van der Waals surface area contributed by atoms with Crippen molar-refractivity contribution in [3.05, 3.63) is 208 Å². The van der Waals surface area contributed by atoms with Crippen molar-refractivity contribution >= 4 is 46.1 Å². The molecule has 3 aromatic heterocycles. The summed E-state index contributed by atoms with van der Waals surface area (Å²) in [6.45, 7) is 46.8. The van der Waals surface area contributed by atoms with Gasteiger partial charge in [-0.15, -0.1) is 19.7 Å². The van der Waals surface area contributed by atoms with Crippen molar-refractivity contribution in [2.45, 2.75) is 248 Å². The highest BCUT2D eigenvalue weighted by Gasteiger charge is 2.55. The van der Waals surface area contributed by atoms with Crippen LogP contribution >= 0.6 is 27.4 Å². The van der Waals surface area contributed by atoms with E-state index in [0.717, 1.165) is 10.4 Å². The summed E-state index contributed by atoms with van der Waals surface area (Å²) >= 11 is 6.13. The number of H-pyrrole nitrogens is 3. The lowest BCUT2D eigenvalue weighted by molar-refractivity contribution is -0.0682. The fourth-order valence-electron chi connectivity index (χ4n) is 11.9. The van der Waals surface area contributed by atoms with E-state index in [0.29, 0.717) is 48.2 Å². The Morgan fingerprint density at radius 1 is 0.673 bits per heavy atom. The molecule has 0 saturated carbocycles. The van der Waals surface area contributed by atoms with Crippen molar-refractivity contribution in [3.63, 3.8) is 0 Å². The number of hydrogen-bond donors (Lipinski definition) is 7. The van der Waals surface area contributed by atoms with Crippen LogP contribution in [0.25, 0.3) is 4.85 Å². The first-order chi connectivity index (χ1) is 52.2. The zero-order valence-electron chi connectivity index (χ0n) is 68.9. The van der Waals surface area contributed by atoms with Gasteiger partial charge in [0.15, 0.2) is 0 Å². The standard InChI is InChI=1S/C28H34N2O5Si.C21H33N4O6P.C12H16N2O5.C9H18ClN2OP.3CH4/c1-6-22(31)25-23(17-24(34-25)30-18-19(2)26(32)29-27(30)33)35-36(28(3,4)5,20-13-9-7-10-14-20)21-15-11-8-12-16-21;1-8-16(26)19-17(11-18(30-19)24-12-15(6)20(27)23-21(24)28)31-32(29-10-9-22-7)25(13(2)3)14(4)5;1-3-7(15)10-8(16)4-9(19-10)14-5-6(2)11(17)13-12(14)18;1-8(2)12(9(3)4)14(10)13-7-5-6-11;;;/h6-16,18,22-25,31H,1,17H2,2-5H3,(H,29,32,33);8,12-14,16-19,26H,1,9-11H2,2-6H3,(H,23,27,28);3,5,7-10,15-16H,1,4H2,2H3,(H,13,17,18);8-9H,5,7H2,1-4H3;3*1H4/i31D;26D;15D;;3*1T. The van der Waals surface area contributed by atoms with Crippen LogP contribution in [0.15, 0.2) is 146 Å². The SMILES string of the molecule is CC(C)N(C(C)C)P(Cl)OCCC#N.[2H]OC(C=C)C1OC(n2cc(C)c(=O)[nH]c2=O)CC1O.[2H]OC(C=C)C1OC(n2cc(C)c(=O)[nH]c2=O)CC1OP(OCC[N+]#[C-])N(C(C)C)C(C)C.[2H]OC(C=C)C1OC(n2cc(C)c(=O)[nH]c2=O)CC1O[Si](c1ccccc1)(c1ccccc1)C(C)(C)C.[3H]C.[3H]C.[3H]C. The average Bonchev–Trinajstić information content (AvgIpc) is 1.09. The molecular formula is C73H113ClN10O17P2Si. The van der Waals surface area contributed by atoms with Crippen LogP contribution in [-0.4, -0.2) is 170 Å². The normalized spacial score (nSPS) is 22.0. The van der Waals surface area contributed by atoms with Crippen LogP contribution in [-0.2, 0) is 32.2 Å². The Morgan fingerprint density at radius 3 is 1.41 bits per heavy atom. The van der Waals surface area contributed by atoms with Crippen LogP contribution < -0.4 is 44.1 Å². The van der Waals surface area contributed by atoms with E-state index in [9.17, 15) is 33.9 Å². The minimum atomic E-state index is -2.97. The van der Waals surface area contributed by atoms with Crippen LogP contribution in [0.3, 0.4) is 0 Å². The first-order valence-corrected chi connectivity index (χ1v) is 38.5. The third-order valence-corrected chi connectivity index (χ3v) is 26.4. The fraction of sp³-hybridized carbons (Fsp3) is 0.562. The summed E-state index contributed by atoms with van der Waals surface area (Å²) < 4.78 is 90.5. The Labute approximate surface area is 629 Å². The number of ether oxygens (including phenoxy) is 3. The maximum atomic E-state index is 12.7. The predicted molar refractivity (Wildman–Crippen MR) is 413 cm³/mol. The summed E-state index contributed by atoms with van der Waals surface area (Å²) in [5, 5.41) is 34.4. The summed E-state index contributed by atoms with van der Waals surface area (Å²) in [7, 11) is -1.88. The van der Waals surface area contributed by atoms with Gasteiger partial charge in [0.2, 0.25) is 18.5 Å². The molecule has 6 heterocycles. The number of rotatable bonds is 30. The van der Waals surface area contributed by atoms with Crippen molar-refractivity contribution < 1.29 is 56.8 Å². The molecule has 3 saturated heterocycles. The van der Waals surface area contributed by atoms with Gasteiger partial charge in [-0.25, -0.2) is 30.3 Å². The Morgan fingerprint density at radius 2 is 1.05 bits per heavy atom. The van der Waals surface area contributed by atoms with E-state index in [-0.39, 0.29) is 43.1 Å². The summed E-state index contributed by atoms with van der Waals surface area (Å²) in [5.41, 5.74) is -2.00. The molecule has 0 aliphatic carbocycles. The Bertz CT molecular complexity index is 3980. The molecule has 8 rings (SSSR count). The van der Waals surface area contributed by atoms with Crippen molar-refractivity contribution in [3.8, 4) is 6.07 Å². The van der Waals surface area contributed by atoms with Crippen LogP contribution in [0.1, 0.15) is 164 Å². The van der Waals surface area contributed by atoms with Crippen molar-refractivity contribution in [1.82, 2.24) is 38.0 Å². The van der Waals surface area contributed by atoms with E-state index in [1.165, 1.54) is 72.7 Å². The number of aryl methyl sites for hydroxylation is 3. The van der Waals surface area contributed by atoms with Gasteiger partial charge in [-0.05, 0) is 103 Å². The number of aliphatic hydroxyl groups excluding tert-OH is 4. The van der Waals surface area contributed by atoms with E-state index >= 15 is 0 Å². The van der Waals surface area contributed by atoms with Crippen molar-refractivity contribution in [2.24, 2.45) is 0 Å². The van der Waals surface area contributed by atoms with Crippen LogP contribution in [0, 0.1) is 38.7 Å². The molecular weight excluding hydrogens is 1410 g/mol. The molecule has 0 spiro atoms. The number of nitrogens with one attached hydrogen (secondary N) is 3. The summed E-state index contributed by atoms with van der Waals surface area (Å²) in [6, 6.07) is 23.4. The van der Waals surface area contributed by atoms with E-state index < -0.39 is 132 Å². The lowest BCUT2D eigenvalue weighted by Crippen LogP contribution is -2.68. The minimum absolute atomic E-state index is 0.104. The fourth-order valence-corrected chi connectivity index (χ4v) is 20.7. The van der Waals surface area contributed by atoms with Crippen LogP contribution in [0.2, 0.25) is 5.04 Å². The quantitative estimate of drug-likeness (QED) is 0.00739. The second kappa shape index (κ2) is 43.4. The minimum Gasteiger partial charge on any atom is -0.402 e. The van der Waals surface area contributed by atoms with Crippen LogP contribution in [0.4, 0.5) is 0 Å². The van der Waals surface area contributed by atoms with Crippen LogP contribution in [0.5, 0.6) is 0 Å². The lowest BCUT2D eigenvalue weighted by atomic mass is 10.1. The second-order valence-corrected chi connectivity index (χ2v) is 34.2. The highest BCUT2D eigenvalue weighted by atomic mass is 35.7. The van der Waals surface area contributed by atoms with Gasteiger partial charge in [-0.2, -0.15) is 5.26 Å². The summed E-state index contributed by atoms with van der Waals surface area (Å²) in [4.78, 5) is 82.1. The average molecular weight is 1540 g/mol. The first-order valence-electron chi connectivity index (χ1n) is 37.5. The van der Waals surface area contributed by atoms with Crippen molar-refractivity contribution in [1.29, 1.82) is 9.56 Å². The smallest absolute Gasteiger partial charge is 0.330 e. The topological polar surface area (TPSA) is 345 Å². The van der Waals surface area contributed by atoms with E-state index in [1.54, 1.807) is 20.8 Å². The number of nitrogens with zero attached hydrogens (tertiary/aromatic N) is 7. The largest absolute Gasteiger partial charge is 0.402 e. The molecule has 2 aromatic carbocycles. The Hall–Kier alpha value is -6.47. The molecule has 31 heteroatoms. The van der Waals surface area contributed by atoms with Gasteiger partial charge in [0.1, 0.15) is 61.9 Å². The predicted octanol–water partition coefficient (Wildman–Crippen LogP) is 9.42. The van der Waals surface area contributed by atoms with Gasteiger partial charge in [0, 0.05) is 82.8 Å². The van der Waals surface area contributed by atoms with Crippen molar-refractivity contribution in [2.75, 3.05) is 19.8 Å². The molecule has 0 radical (unpaired) electrons. The zero-order valence-corrected chi connectivity index (χ0v) is 66.5. The molecule has 3 aliphatic heterocycles. The zero-order chi connectivity index (χ0) is 83.5. The Kier molecular flexibility index (Phi) is 34.7. The molecule has 3 fully saturated rings. The van der Waals surface area contributed by atoms with E-state index in [1.807, 2.05) is 70.2 Å². The molecule has 578 valence electrons. The van der Waals surface area contributed by atoms with Gasteiger partial charge in [-0.1, -0.05) is 122 Å².